The van der Waals surface area contributed by atoms with Gasteiger partial charge in [0.1, 0.15) is 6.54 Å². The van der Waals surface area contributed by atoms with Gasteiger partial charge in [0.05, 0.1) is 12.3 Å². The largest absolute Gasteiger partial charge is 0.449 e. The molecule has 9 heteroatoms. The van der Waals surface area contributed by atoms with E-state index < -0.39 is 24.7 Å². The lowest BCUT2D eigenvalue weighted by molar-refractivity contribution is 0.119. The number of para-hydroxylation sites is 1. The lowest BCUT2D eigenvalue weighted by Crippen LogP contribution is -2.57. The predicted octanol–water partition coefficient (Wildman–Crippen LogP) is 1.21. The molecule has 0 saturated carbocycles. The molecule has 0 bridgehead atoms. The van der Waals surface area contributed by atoms with Crippen molar-refractivity contribution in [3.8, 4) is 0 Å². The van der Waals surface area contributed by atoms with E-state index in [1.807, 2.05) is 0 Å². The van der Waals surface area contributed by atoms with E-state index in [1.165, 1.54) is 11.2 Å². The fraction of sp³-hybridized carbons (Fsp3) is 0.412. The van der Waals surface area contributed by atoms with E-state index >= 15 is 0 Å². The van der Waals surface area contributed by atoms with E-state index in [9.17, 15) is 19.2 Å². The second-order valence-corrected chi connectivity index (χ2v) is 5.40. The molecule has 0 aromatic heterocycles. The van der Waals surface area contributed by atoms with Crippen molar-refractivity contribution < 1.29 is 23.9 Å². The molecular formula is C17H21N4O5. The first-order valence-electron chi connectivity index (χ1n) is 8.28. The SMILES string of the molecule is CCOC(=O)N(C[C]=O)C(=O)N(C(=O)N1CCNCC1)c1ccccc1. The lowest BCUT2D eigenvalue weighted by Gasteiger charge is -2.33. The minimum atomic E-state index is -1.00. The van der Waals surface area contributed by atoms with Gasteiger partial charge in [0.2, 0.25) is 6.29 Å². The molecule has 0 spiro atoms. The Kier molecular flexibility index (Phi) is 7.10. The summed E-state index contributed by atoms with van der Waals surface area (Å²) in [6, 6.07) is 6.70. The van der Waals surface area contributed by atoms with Crippen LogP contribution in [0.3, 0.4) is 0 Å². The fourth-order valence-corrected chi connectivity index (χ4v) is 2.47. The van der Waals surface area contributed by atoms with Gasteiger partial charge in [-0.05, 0) is 19.1 Å². The molecule has 1 N–H and O–H groups in total. The zero-order chi connectivity index (χ0) is 18.9. The van der Waals surface area contributed by atoms with Crippen LogP contribution >= 0.6 is 0 Å². The molecule has 0 aliphatic carbocycles. The number of anilines is 1. The molecule has 0 unspecified atom stereocenters. The van der Waals surface area contributed by atoms with Crippen LogP contribution in [-0.2, 0) is 9.53 Å². The number of imide groups is 2. The average molecular weight is 361 g/mol. The Morgan fingerprint density at radius 2 is 1.85 bits per heavy atom. The number of amides is 5. The second kappa shape index (κ2) is 9.52. The molecule has 1 aromatic rings. The standard InChI is InChI=1S/C17H21N4O5/c1-2-26-17(25)20(12-13-22)16(24)21(14-6-4-3-5-7-14)15(23)19-10-8-18-9-11-19/h3-7,18H,2,8-12H2,1H3. The Balaban J connectivity index is 2.35. The molecule has 1 aliphatic rings. The zero-order valence-corrected chi connectivity index (χ0v) is 14.5. The molecule has 26 heavy (non-hydrogen) atoms. The van der Waals surface area contributed by atoms with E-state index in [4.69, 9.17) is 4.74 Å². The van der Waals surface area contributed by atoms with Crippen LogP contribution in [0.4, 0.5) is 20.1 Å². The minimum Gasteiger partial charge on any atom is -0.449 e. The van der Waals surface area contributed by atoms with E-state index in [0.717, 1.165) is 4.90 Å². The molecule has 139 valence electrons. The summed E-state index contributed by atoms with van der Waals surface area (Å²) < 4.78 is 4.81. The minimum absolute atomic E-state index is 0.0263. The van der Waals surface area contributed by atoms with Gasteiger partial charge in [-0.1, -0.05) is 18.2 Å². The number of urea groups is 2. The third-order valence-electron chi connectivity index (χ3n) is 3.73. The van der Waals surface area contributed by atoms with Gasteiger partial charge in [0, 0.05) is 26.2 Å². The topological polar surface area (TPSA) is 99.3 Å². The fourth-order valence-electron chi connectivity index (χ4n) is 2.47. The van der Waals surface area contributed by atoms with Crippen molar-refractivity contribution in [1.29, 1.82) is 0 Å². The Morgan fingerprint density at radius 1 is 1.19 bits per heavy atom. The van der Waals surface area contributed by atoms with Crippen molar-refractivity contribution in [2.24, 2.45) is 0 Å². The number of benzene rings is 1. The number of carbonyl (C=O) groups is 3. The van der Waals surface area contributed by atoms with Gasteiger partial charge in [-0.2, -0.15) is 0 Å². The van der Waals surface area contributed by atoms with E-state index in [2.05, 4.69) is 5.32 Å². The summed E-state index contributed by atoms with van der Waals surface area (Å²) in [5.74, 6) is 0. The molecule has 1 radical (unpaired) electrons. The highest BCUT2D eigenvalue weighted by atomic mass is 16.6. The average Bonchev–Trinajstić information content (AvgIpc) is 2.67. The van der Waals surface area contributed by atoms with Crippen molar-refractivity contribution in [3.05, 3.63) is 30.3 Å². The van der Waals surface area contributed by atoms with Crippen LogP contribution in [0.15, 0.2) is 30.3 Å². The number of nitrogens with zero attached hydrogens (tertiary/aromatic N) is 3. The van der Waals surface area contributed by atoms with Crippen LogP contribution in [0.2, 0.25) is 0 Å². The molecule has 1 aromatic carbocycles. The summed E-state index contributed by atoms with van der Waals surface area (Å²) in [6.45, 7) is 3.03. The van der Waals surface area contributed by atoms with Crippen molar-refractivity contribution in [1.82, 2.24) is 15.1 Å². The quantitative estimate of drug-likeness (QED) is 0.865. The van der Waals surface area contributed by atoms with E-state index in [1.54, 1.807) is 37.3 Å². The molecular weight excluding hydrogens is 340 g/mol. The summed E-state index contributed by atoms with van der Waals surface area (Å²) in [6.07, 6.45) is 0.501. The van der Waals surface area contributed by atoms with Crippen LogP contribution in [-0.4, -0.2) is 73.6 Å². The monoisotopic (exact) mass is 361 g/mol. The predicted molar refractivity (Wildman–Crippen MR) is 93.6 cm³/mol. The first-order chi connectivity index (χ1) is 12.6. The van der Waals surface area contributed by atoms with Gasteiger partial charge in [-0.15, -0.1) is 0 Å². The van der Waals surface area contributed by atoms with Crippen LogP contribution in [0.25, 0.3) is 0 Å². The number of hydrogen-bond acceptors (Lipinski definition) is 6. The number of carbonyl (C=O) groups excluding carboxylic acids is 4. The molecule has 2 rings (SSSR count). The van der Waals surface area contributed by atoms with Crippen molar-refractivity contribution in [3.63, 3.8) is 0 Å². The van der Waals surface area contributed by atoms with Crippen LogP contribution in [0.5, 0.6) is 0 Å². The van der Waals surface area contributed by atoms with Gasteiger partial charge < -0.3 is 15.0 Å². The Hall–Kier alpha value is -2.94. The Morgan fingerprint density at radius 3 is 2.42 bits per heavy atom. The second-order valence-electron chi connectivity index (χ2n) is 5.40. The third kappa shape index (κ3) is 4.57. The Bertz CT molecular complexity index is 646. The van der Waals surface area contributed by atoms with Crippen molar-refractivity contribution in [2.75, 3.05) is 44.2 Å². The van der Waals surface area contributed by atoms with Gasteiger partial charge in [-0.25, -0.2) is 24.2 Å². The molecule has 1 fully saturated rings. The molecule has 9 nitrogen and oxygen atoms in total. The zero-order valence-electron chi connectivity index (χ0n) is 14.5. The maximum Gasteiger partial charge on any atom is 0.418 e. The summed E-state index contributed by atoms with van der Waals surface area (Å²) >= 11 is 0. The lowest BCUT2D eigenvalue weighted by atomic mass is 10.3. The summed E-state index contributed by atoms with van der Waals surface area (Å²) in [7, 11) is 0. The van der Waals surface area contributed by atoms with Crippen LogP contribution in [0.1, 0.15) is 6.92 Å². The number of rotatable bonds is 4. The highest BCUT2D eigenvalue weighted by Crippen LogP contribution is 2.19. The number of ether oxygens (including phenoxy) is 1. The third-order valence-corrected chi connectivity index (χ3v) is 3.73. The van der Waals surface area contributed by atoms with Crippen molar-refractivity contribution >= 4 is 30.1 Å². The summed E-state index contributed by atoms with van der Waals surface area (Å²) in [5.41, 5.74) is 0.293. The van der Waals surface area contributed by atoms with Gasteiger partial charge in [0.25, 0.3) is 0 Å². The van der Waals surface area contributed by atoms with E-state index in [0.29, 0.717) is 36.8 Å². The Labute approximate surface area is 151 Å². The van der Waals surface area contributed by atoms with Crippen LogP contribution in [0, 0.1) is 0 Å². The maximum absolute atomic E-state index is 13.0. The smallest absolute Gasteiger partial charge is 0.418 e. The highest BCUT2D eigenvalue weighted by Gasteiger charge is 2.35. The summed E-state index contributed by atoms with van der Waals surface area (Å²) in [4.78, 5) is 51.7. The van der Waals surface area contributed by atoms with Gasteiger partial charge in [-0.3, -0.25) is 4.79 Å². The number of nitrogens with one attached hydrogen (secondary N) is 1. The summed E-state index contributed by atoms with van der Waals surface area (Å²) in [5, 5.41) is 3.12. The number of piperazine rings is 1. The van der Waals surface area contributed by atoms with Gasteiger partial charge in [0.15, 0.2) is 0 Å². The normalized spacial score (nSPS) is 13.7. The first kappa shape index (κ1) is 19.4. The molecule has 0 atom stereocenters. The van der Waals surface area contributed by atoms with Gasteiger partial charge >= 0.3 is 18.2 Å². The van der Waals surface area contributed by atoms with E-state index in [-0.39, 0.29) is 6.61 Å². The number of hydrogen-bond donors (Lipinski definition) is 1. The molecule has 1 aliphatic heterocycles. The maximum atomic E-state index is 13.0. The van der Waals surface area contributed by atoms with Crippen LogP contribution < -0.4 is 10.2 Å². The first-order valence-corrected chi connectivity index (χ1v) is 8.28. The highest BCUT2D eigenvalue weighted by molar-refractivity contribution is 6.16. The molecule has 5 amide bonds. The molecule has 1 heterocycles. The molecule has 1 saturated heterocycles. The van der Waals surface area contributed by atoms with Crippen molar-refractivity contribution in [2.45, 2.75) is 6.92 Å².